The number of thioether (sulfide) groups is 1. The Labute approximate surface area is 108 Å². The minimum atomic E-state index is 0.133. The first-order valence-electron chi connectivity index (χ1n) is 4.99. The van der Waals surface area contributed by atoms with E-state index in [-0.39, 0.29) is 5.78 Å². The largest absolute Gasteiger partial charge is 0.294 e. The van der Waals surface area contributed by atoms with E-state index >= 15 is 0 Å². The molecule has 16 heavy (non-hydrogen) atoms. The first-order valence-corrected chi connectivity index (χ1v) is 7.17. The molecule has 0 radical (unpaired) electrons. The van der Waals surface area contributed by atoms with Crippen LogP contribution in [0.15, 0.2) is 23.1 Å². The van der Waals surface area contributed by atoms with Crippen LogP contribution in [0.4, 0.5) is 0 Å². The van der Waals surface area contributed by atoms with Gasteiger partial charge in [0.2, 0.25) is 0 Å². The van der Waals surface area contributed by atoms with E-state index in [2.05, 4.69) is 6.92 Å². The molecule has 1 aromatic heterocycles. The van der Waals surface area contributed by atoms with Crippen molar-refractivity contribution in [3.8, 4) is 0 Å². The van der Waals surface area contributed by atoms with E-state index in [4.69, 9.17) is 11.6 Å². The SMILES string of the molecule is CCSc1c(C(C)=O)sc2cc(Cl)ccc12. The van der Waals surface area contributed by atoms with Gasteiger partial charge in [0.05, 0.1) is 4.88 Å². The minimum absolute atomic E-state index is 0.133. The van der Waals surface area contributed by atoms with Gasteiger partial charge in [-0.05, 0) is 24.8 Å². The Balaban J connectivity index is 2.70. The van der Waals surface area contributed by atoms with Gasteiger partial charge in [-0.2, -0.15) is 0 Å². The Kier molecular flexibility index (Phi) is 3.57. The van der Waals surface area contributed by atoms with Crippen LogP contribution in [0.3, 0.4) is 0 Å². The number of benzene rings is 1. The van der Waals surface area contributed by atoms with E-state index < -0.39 is 0 Å². The number of ketones is 1. The molecule has 1 aromatic carbocycles. The van der Waals surface area contributed by atoms with Gasteiger partial charge >= 0.3 is 0 Å². The number of thiophene rings is 1. The molecule has 0 fully saturated rings. The number of carbonyl (C=O) groups is 1. The van der Waals surface area contributed by atoms with Crippen LogP contribution in [-0.4, -0.2) is 11.5 Å². The smallest absolute Gasteiger partial charge is 0.170 e. The molecule has 84 valence electrons. The molecule has 0 bridgehead atoms. The Morgan fingerprint density at radius 2 is 2.25 bits per heavy atom. The molecule has 0 aliphatic carbocycles. The third kappa shape index (κ3) is 2.12. The van der Waals surface area contributed by atoms with Crippen molar-refractivity contribution in [2.75, 3.05) is 5.75 Å². The lowest BCUT2D eigenvalue weighted by Crippen LogP contribution is -1.89. The van der Waals surface area contributed by atoms with Gasteiger partial charge in [0.15, 0.2) is 5.78 Å². The zero-order valence-corrected chi connectivity index (χ0v) is 11.4. The molecule has 2 rings (SSSR count). The molecule has 2 aromatic rings. The van der Waals surface area contributed by atoms with E-state index in [0.29, 0.717) is 0 Å². The second-order valence-electron chi connectivity index (χ2n) is 3.39. The molecule has 0 saturated heterocycles. The van der Waals surface area contributed by atoms with Crippen LogP contribution in [-0.2, 0) is 0 Å². The van der Waals surface area contributed by atoms with E-state index in [1.165, 1.54) is 11.3 Å². The maximum absolute atomic E-state index is 11.6. The summed E-state index contributed by atoms with van der Waals surface area (Å²) in [5, 5.41) is 1.86. The summed E-state index contributed by atoms with van der Waals surface area (Å²) in [7, 11) is 0. The Morgan fingerprint density at radius 3 is 2.88 bits per heavy atom. The summed E-state index contributed by atoms with van der Waals surface area (Å²) >= 11 is 9.20. The van der Waals surface area contributed by atoms with Crippen LogP contribution in [0, 0.1) is 0 Å². The van der Waals surface area contributed by atoms with Crippen LogP contribution in [0.1, 0.15) is 23.5 Å². The molecular weight excluding hydrogens is 260 g/mol. The average molecular weight is 271 g/mol. The predicted molar refractivity (Wildman–Crippen MR) is 73.2 cm³/mol. The fraction of sp³-hybridized carbons (Fsp3) is 0.250. The Morgan fingerprint density at radius 1 is 1.50 bits per heavy atom. The highest BCUT2D eigenvalue weighted by atomic mass is 35.5. The molecule has 0 atom stereocenters. The highest BCUT2D eigenvalue weighted by molar-refractivity contribution is 7.99. The summed E-state index contributed by atoms with van der Waals surface area (Å²) in [6.45, 7) is 3.71. The molecule has 0 unspecified atom stereocenters. The van der Waals surface area contributed by atoms with Gasteiger partial charge in [0.1, 0.15) is 0 Å². The summed E-state index contributed by atoms with van der Waals surface area (Å²) in [6, 6.07) is 5.80. The van der Waals surface area contributed by atoms with Gasteiger partial charge in [0.25, 0.3) is 0 Å². The third-order valence-corrected chi connectivity index (χ3v) is 4.83. The van der Waals surface area contributed by atoms with Gasteiger partial charge in [0, 0.05) is 20.0 Å². The first-order chi connectivity index (χ1) is 7.63. The summed E-state index contributed by atoms with van der Waals surface area (Å²) in [5.74, 6) is 1.10. The van der Waals surface area contributed by atoms with Gasteiger partial charge in [-0.3, -0.25) is 4.79 Å². The van der Waals surface area contributed by atoms with Crippen LogP contribution in [0.25, 0.3) is 10.1 Å². The molecule has 0 N–H and O–H groups in total. The maximum atomic E-state index is 11.6. The summed E-state index contributed by atoms with van der Waals surface area (Å²) < 4.78 is 1.09. The van der Waals surface area contributed by atoms with Crippen LogP contribution in [0.5, 0.6) is 0 Å². The average Bonchev–Trinajstić information content (AvgIpc) is 2.57. The minimum Gasteiger partial charge on any atom is -0.294 e. The monoisotopic (exact) mass is 270 g/mol. The number of fused-ring (bicyclic) bond motifs is 1. The summed E-state index contributed by atoms with van der Waals surface area (Å²) in [4.78, 5) is 13.5. The molecule has 1 heterocycles. The van der Waals surface area contributed by atoms with Crippen molar-refractivity contribution in [2.45, 2.75) is 18.7 Å². The number of carbonyl (C=O) groups excluding carboxylic acids is 1. The lowest BCUT2D eigenvalue weighted by Gasteiger charge is -1.99. The van der Waals surface area contributed by atoms with E-state index in [1.807, 2.05) is 18.2 Å². The number of rotatable bonds is 3. The number of hydrogen-bond acceptors (Lipinski definition) is 3. The van der Waals surface area contributed by atoms with E-state index in [1.54, 1.807) is 18.7 Å². The fourth-order valence-corrected chi connectivity index (χ4v) is 4.10. The molecular formula is C12H11ClOS2. The van der Waals surface area contributed by atoms with Crippen molar-refractivity contribution in [3.63, 3.8) is 0 Å². The Hall–Kier alpha value is -0.510. The topological polar surface area (TPSA) is 17.1 Å². The van der Waals surface area contributed by atoms with Crippen LogP contribution in [0.2, 0.25) is 5.02 Å². The highest BCUT2D eigenvalue weighted by Gasteiger charge is 2.15. The van der Waals surface area contributed by atoms with Gasteiger partial charge < -0.3 is 0 Å². The van der Waals surface area contributed by atoms with Crippen molar-refractivity contribution in [1.29, 1.82) is 0 Å². The number of Topliss-reactive ketones (excluding diaryl/α,β-unsaturated/α-hetero) is 1. The van der Waals surface area contributed by atoms with Crippen LogP contribution < -0.4 is 0 Å². The predicted octanol–water partition coefficient (Wildman–Crippen LogP) is 4.87. The molecule has 0 amide bonds. The van der Waals surface area contributed by atoms with Crippen molar-refractivity contribution >= 4 is 50.6 Å². The number of halogens is 1. The quantitative estimate of drug-likeness (QED) is 0.585. The molecule has 0 aliphatic rings. The second kappa shape index (κ2) is 4.78. The zero-order valence-electron chi connectivity index (χ0n) is 9.04. The van der Waals surface area contributed by atoms with Gasteiger partial charge in [-0.25, -0.2) is 0 Å². The summed E-state index contributed by atoms with van der Waals surface area (Å²) in [6.07, 6.45) is 0. The lowest BCUT2D eigenvalue weighted by molar-refractivity contribution is 0.101. The third-order valence-electron chi connectivity index (χ3n) is 2.21. The van der Waals surface area contributed by atoms with Crippen molar-refractivity contribution in [3.05, 3.63) is 28.1 Å². The van der Waals surface area contributed by atoms with Gasteiger partial charge in [-0.15, -0.1) is 23.1 Å². The lowest BCUT2D eigenvalue weighted by atomic mass is 10.2. The van der Waals surface area contributed by atoms with Crippen LogP contribution >= 0.6 is 34.7 Å². The highest BCUT2D eigenvalue weighted by Crippen LogP contribution is 2.39. The second-order valence-corrected chi connectivity index (χ2v) is 6.15. The zero-order chi connectivity index (χ0) is 11.7. The summed E-state index contributed by atoms with van der Waals surface area (Å²) in [5.41, 5.74) is 0. The maximum Gasteiger partial charge on any atom is 0.170 e. The van der Waals surface area contributed by atoms with Crippen molar-refractivity contribution in [2.24, 2.45) is 0 Å². The van der Waals surface area contributed by atoms with E-state index in [9.17, 15) is 4.79 Å². The fourth-order valence-electron chi connectivity index (χ4n) is 1.57. The molecule has 0 aliphatic heterocycles. The van der Waals surface area contributed by atoms with E-state index in [0.717, 1.165) is 30.6 Å². The molecule has 4 heteroatoms. The standard InChI is InChI=1S/C12H11ClOS2/c1-3-15-12-9-5-4-8(13)6-10(9)16-11(12)7(2)14/h4-6H,3H2,1-2H3. The molecule has 1 nitrogen and oxygen atoms in total. The normalized spacial score (nSPS) is 10.9. The molecule has 0 saturated carbocycles. The van der Waals surface area contributed by atoms with Gasteiger partial charge in [-0.1, -0.05) is 24.6 Å². The van der Waals surface area contributed by atoms with Crippen molar-refractivity contribution < 1.29 is 4.79 Å². The first kappa shape index (κ1) is 12.0. The number of hydrogen-bond donors (Lipinski definition) is 0. The molecule has 0 spiro atoms. The Bertz CT molecular complexity index is 545. The van der Waals surface area contributed by atoms with Crippen molar-refractivity contribution in [1.82, 2.24) is 0 Å².